The number of esters is 3. The van der Waals surface area contributed by atoms with Gasteiger partial charge in [0, 0.05) is 19.3 Å². The first-order valence-corrected chi connectivity index (χ1v) is 31.7. The molecule has 1 atom stereocenters. The SMILES string of the molecule is CCCCC/C=C\C=C/CCCCCCCCCCCCC(=O)OCC(COC(=O)CCCCCCCCCCCCCCCCCCC)OC(=O)CCCCCCC/C=C\C=C/CCCCCCCCC. The number of carbonyl (C=O) groups is 3. The fourth-order valence-electron chi connectivity index (χ4n) is 9.31. The molecule has 0 aliphatic heterocycles. The first kappa shape index (κ1) is 69.4. The lowest BCUT2D eigenvalue weighted by atomic mass is 10.0. The lowest BCUT2D eigenvalue weighted by Gasteiger charge is -2.18. The van der Waals surface area contributed by atoms with Crippen LogP contribution in [0, 0.1) is 0 Å². The Morgan fingerprint density at radius 1 is 0.278 bits per heavy atom. The number of hydrogen-bond donors (Lipinski definition) is 0. The van der Waals surface area contributed by atoms with Crippen LogP contribution in [0.2, 0.25) is 0 Å². The van der Waals surface area contributed by atoms with Gasteiger partial charge in [0.1, 0.15) is 13.2 Å². The smallest absolute Gasteiger partial charge is 0.306 e. The van der Waals surface area contributed by atoms with Gasteiger partial charge in [-0.1, -0.05) is 294 Å². The number of carbonyl (C=O) groups excluding carboxylic acids is 3. The molecule has 0 saturated heterocycles. The summed E-state index contributed by atoms with van der Waals surface area (Å²) in [6, 6.07) is 0. The molecule has 0 saturated carbocycles. The Morgan fingerprint density at radius 3 is 0.764 bits per heavy atom. The summed E-state index contributed by atoms with van der Waals surface area (Å²) in [5, 5.41) is 0. The van der Waals surface area contributed by atoms with Crippen molar-refractivity contribution in [1.82, 2.24) is 0 Å². The minimum atomic E-state index is -0.781. The van der Waals surface area contributed by atoms with E-state index in [2.05, 4.69) is 69.4 Å². The van der Waals surface area contributed by atoms with Gasteiger partial charge < -0.3 is 14.2 Å². The van der Waals surface area contributed by atoms with E-state index in [-0.39, 0.29) is 31.1 Å². The number of rotatable bonds is 58. The molecule has 0 aromatic heterocycles. The molecule has 0 rings (SSSR count). The summed E-state index contributed by atoms with van der Waals surface area (Å²) in [6.07, 6.45) is 75.3. The van der Waals surface area contributed by atoms with E-state index in [1.807, 2.05) is 0 Å². The van der Waals surface area contributed by atoms with Crippen LogP contribution in [-0.2, 0) is 28.6 Å². The molecule has 0 amide bonds. The molecule has 1 unspecified atom stereocenters. The molecular weight excluding hydrogens is 889 g/mol. The number of allylic oxidation sites excluding steroid dienone is 8. The number of hydrogen-bond acceptors (Lipinski definition) is 6. The third-order valence-corrected chi connectivity index (χ3v) is 14.1. The van der Waals surface area contributed by atoms with Gasteiger partial charge in [-0.15, -0.1) is 0 Å². The molecule has 0 fully saturated rings. The quantitative estimate of drug-likeness (QED) is 0.0261. The van der Waals surface area contributed by atoms with Crippen LogP contribution in [0.1, 0.15) is 335 Å². The normalized spacial score (nSPS) is 12.3. The first-order valence-electron chi connectivity index (χ1n) is 31.7. The first-order chi connectivity index (χ1) is 35.5. The highest BCUT2D eigenvalue weighted by Gasteiger charge is 2.19. The Kier molecular flexibility index (Phi) is 58.7. The van der Waals surface area contributed by atoms with Crippen molar-refractivity contribution < 1.29 is 28.6 Å². The number of ether oxygens (including phenoxy) is 3. The van der Waals surface area contributed by atoms with E-state index in [4.69, 9.17) is 14.2 Å². The van der Waals surface area contributed by atoms with Crippen LogP contribution in [0.25, 0.3) is 0 Å². The molecule has 0 aromatic rings. The zero-order valence-corrected chi connectivity index (χ0v) is 48.2. The van der Waals surface area contributed by atoms with Gasteiger partial charge in [-0.05, 0) is 70.6 Å². The summed E-state index contributed by atoms with van der Waals surface area (Å²) in [7, 11) is 0. The van der Waals surface area contributed by atoms with Crippen molar-refractivity contribution >= 4 is 17.9 Å². The van der Waals surface area contributed by atoms with Crippen molar-refractivity contribution in [2.75, 3.05) is 13.2 Å². The van der Waals surface area contributed by atoms with Crippen molar-refractivity contribution in [3.05, 3.63) is 48.6 Å². The van der Waals surface area contributed by atoms with Gasteiger partial charge in [-0.3, -0.25) is 14.4 Å². The van der Waals surface area contributed by atoms with Crippen LogP contribution >= 0.6 is 0 Å². The highest BCUT2D eigenvalue weighted by Crippen LogP contribution is 2.17. The van der Waals surface area contributed by atoms with Crippen molar-refractivity contribution in [1.29, 1.82) is 0 Å². The van der Waals surface area contributed by atoms with E-state index < -0.39 is 6.10 Å². The Morgan fingerprint density at radius 2 is 0.486 bits per heavy atom. The molecule has 0 spiro atoms. The molecule has 420 valence electrons. The maximum absolute atomic E-state index is 12.9. The molecule has 6 heteroatoms. The fraction of sp³-hybridized carbons (Fsp3) is 0.833. The maximum Gasteiger partial charge on any atom is 0.306 e. The molecular formula is C66H120O6. The van der Waals surface area contributed by atoms with E-state index >= 15 is 0 Å². The third kappa shape index (κ3) is 58.3. The minimum Gasteiger partial charge on any atom is -0.462 e. The summed E-state index contributed by atoms with van der Waals surface area (Å²) >= 11 is 0. The second-order valence-corrected chi connectivity index (χ2v) is 21.4. The summed E-state index contributed by atoms with van der Waals surface area (Å²) in [6.45, 7) is 6.65. The van der Waals surface area contributed by atoms with Gasteiger partial charge in [0.25, 0.3) is 0 Å². The average Bonchev–Trinajstić information content (AvgIpc) is 3.38. The van der Waals surface area contributed by atoms with Crippen molar-refractivity contribution in [2.24, 2.45) is 0 Å². The van der Waals surface area contributed by atoms with Crippen LogP contribution in [0.3, 0.4) is 0 Å². The molecule has 6 nitrogen and oxygen atoms in total. The summed E-state index contributed by atoms with van der Waals surface area (Å²) in [5.74, 6) is -0.875. The van der Waals surface area contributed by atoms with E-state index in [9.17, 15) is 14.4 Å². The van der Waals surface area contributed by atoms with Crippen molar-refractivity contribution in [3.63, 3.8) is 0 Å². The second-order valence-electron chi connectivity index (χ2n) is 21.4. The maximum atomic E-state index is 12.9. The zero-order valence-electron chi connectivity index (χ0n) is 48.2. The average molecular weight is 1010 g/mol. The van der Waals surface area contributed by atoms with E-state index in [1.54, 1.807) is 0 Å². The van der Waals surface area contributed by atoms with Crippen molar-refractivity contribution in [2.45, 2.75) is 341 Å². The van der Waals surface area contributed by atoms with Gasteiger partial charge in [-0.25, -0.2) is 0 Å². The van der Waals surface area contributed by atoms with Gasteiger partial charge in [-0.2, -0.15) is 0 Å². The van der Waals surface area contributed by atoms with E-state index in [1.165, 1.54) is 218 Å². The minimum absolute atomic E-state index is 0.0768. The second kappa shape index (κ2) is 60.9. The largest absolute Gasteiger partial charge is 0.462 e. The van der Waals surface area contributed by atoms with E-state index in [0.717, 1.165) is 77.0 Å². The summed E-state index contributed by atoms with van der Waals surface area (Å²) in [4.78, 5) is 38.3. The Balaban J connectivity index is 4.37. The van der Waals surface area contributed by atoms with E-state index in [0.29, 0.717) is 19.3 Å². The van der Waals surface area contributed by atoms with Crippen LogP contribution in [0.15, 0.2) is 48.6 Å². The number of unbranched alkanes of at least 4 members (excludes halogenated alkanes) is 41. The molecule has 0 bridgehead atoms. The van der Waals surface area contributed by atoms with Gasteiger partial charge in [0.2, 0.25) is 0 Å². The Hall–Kier alpha value is -2.63. The van der Waals surface area contributed by atoms with Gasteiger partial charge in [0.05, 0.1) is 0 Å². The molecule has 0 aliphatic carbocycles. The summed E-state index contributed by atoms with van der Waals surface area (Å²) in [5.41, 5.74) is 0. The zero-order chi connectivity index (χ0) is 52.2. The summed E-state index contributed by atoms with van der Waals surface area (Å²) < 4.78 is 16.9. The fourth-order valence-corrected chi connectivity index (χ4v) is 9.31. The highest BCUT2D eigenvalue weighted by atomic mass is 16.6. The van der Waals surface area contributed by atoms with Crippen LogP contribution in [0.5, 0.6) is 0 Å². The van der Waals surface area contributed by atoms with Crippen LogP contribution in [0.4, 0.5) is 0 Å². The molecule has 0 heterocycles. The molecule has 0 aromatic carbocycles. The Bertz CT molecular complexity index is 1250. The van der Waals surface area contributed by atoms with Crippen LogP contribution < -0.4 is 0 Å². The third-order valence-electron chi connectivity index (χ3n) is 14.1. The molecule has 0 aliphatic rings. The molecule has 0 radical (unpaired) electrons. The lowest BCUT2D eigenvalue weighted by molar-refractivity contribution is -0.167. The predicted octanol–water partition coefficient (Wildman–Crippen LogP) is 21.4. The molecule has 0 N–H and O–H groups in total. The van der Waals surface area contributed by atoms with Crippen LogP contribution in [-0.4, -0.2) is 37.2 Å². The Labute approximate surface area is 448 Å². The van der Waals surface area contributed by atoms with Gasteiger partial charge in [0.15, 0.2) is 6.10 Å². The highest BCUT2D eigenvalue weighted by molar-refractivity contribution is 5.71. The molecule has 72 heavy (non-hydrogen) atoms. The monoisotopic (exact) mass is 1010 g/mol. The lowest BCUT2D eigenvalue weighted by Crippen LogP contribution is -2.30. The van der Waals surface area contributed by atoms with Gasteiger partial charge >= 0.3 is 17.9 Å². The topological polar surface area (TPSA) is 78.9 Å². The predicted molar refractivity (Wildman–Crippen MR) is 312 cm³/mol. The van der Waals surface area contributed by atoms with Crippen molar-refractivity contribution in [3.8, 4) is 0 Å². The standard InChI is InChI=1S/C66H120O6/c1-4-7-10-13-16-19-22-25-28-31-33-36-38-41-44-47-50-53-56-59-65(68)71-62-63(61-70-64(67)58-55-52-49-46-43-40-37-34-30-27-24-21-18-15-12-9-6-3)72-66(69)60-57-54-51-48-45-42-39-35-32-29-26-23-20-17-14-11-8-5-2/h16,19,22,25,29,32,35,39,63H,4-15,17-18,20-21,23-24,26-28,30-31,33-34,36-38,40-62H2,1-3H3/b19-16-,25-22-,32-29-,39-35-.